The molecule has 0 aliphatic carbocycles. The topological polar surface area (TPSA) is 73.1 Å². The summed E-state index contributed by atoms with van der Waals surface area (Å²) in [4.78, 5) is 8.35. The van der Waals surface area contributed by atoms with Crippen molar-refractivity contribution in [3.05, 3.63) is 52.4 Å². The van der Waals surface area contributed by atoms with Crippen molar-refractivity contribution in [2.45, 2.75) is 18.9 Å². The van der Waals surface area contributed by atoms with E-state index < -0.39 is 0 Å². The summed E-state index contributed by atoms with van der Waals surface area (Å²) in [7, 11) is 1.60. The van der Waals surface area contributed by atoms with Crippen LogP contribution in [-0.2, 0) is 12.8 Å². The number of rotatable bonds is 6. The molecule has 0 aromatic carbocycles. The lowest BCUT2D eigenvalue weighted by Gasteiger charge is -2.16. The largest absolute Gasteiger partial charge is 0.481 e. The fraction of sp³-hybridized carbons (Fsp3) is 0.286. The van der Waals surface area contributed by atoms with Crippen molar-refractivity contribution < 1.29 is 4.74 Å². The lowest BCUT2D eigenvalue weighted by atomic mass is 10.0. The summed E-state index contributed by atoms with van der Waals surface area (Å²) in [6, 6.07) is 6.02. The third-order valence-corrected chi connectivity index (χ3v) is 3.40. The van der Waals surface area contributed by atoms with Gasteiger partial charge in [0.2, 0.25) is 5.88 Å². The Labute approximate surface area is 126 Å². The summed E-state index contributed by atoms with van der Waals surface area (Å²) in [6.45, 7) is 0. The molecule has 5 nitrogen and oxygen atoms in total. The van der Waals surface area contributed by atoms with E-state index in [1.807, 2.05) is 30.6 Å². The number of hydrogen-bond acceptors (Lipinski definition) is 5. The highest BCUT2D eigenvalue weighted by atomic mass is 79.9. The van der Waals surface area contributed by atoms with Gasteiger partial charge in [-0.15, -0.1) is 0 Å². The summed E-state index contributed by atoms with van der Waals surface area (Å²) in [5, 5.41) is 0. The van der Waals surface area contributed by atoms with Crippen molar-refractivity contribution in [2.75, 3.05) is 7.11 Å². The van der Waals surface area contributed by atoms with Crippen LogP contribution in [0.5, 0.6) is 5.88 Å². The van der Waals surface area contributed by atoms with Crippen LogP contribution >= 0.6 is 15.9 Å². The molecule has 1 atom stereocenters. The zero-order valence-corrected chi connectivity index (χ0v) is 12.8. The van der Waals surface area contributed by atoms with Gasteiger partial charge in [0.1, 0.15) is 0 Å². The van der Waals surface area contributed by atoms with E-state index in [1.54, 1.807) is 13.3 Å². The molecule has 0 spiro atoms. The SMILES string of the molecule is COc1ccc(CC(Cc2cncc(Br)c2)NN)cn1. The van der Waals surface area contributed by atoms with Crippen molar-refractivity contribution in [3.63, 3.8) is 0 Å². The lowest BCUT2D eigenvalue weighted by molar-refractivity contribution is 0.397. The molecule has 1 unspecified atom stereocenters. The van der Waals surface area contributed by atoms with Gasteiger partial charge in [0.15, 0.2) is 0 Å². The van der Waals surface area contributed by atoms with Crippen LogP contribution in [0.15, 0.2) is 41.3 Å². The fourth-order valence-corrected chi connectivity index (χ4v) is 2.39. The zero-order chi connectivity index (χ0) is 14.4. The minimum Gasteiger partial charge on any atom is -0.481 e. The molecule has 2 heterocycles. The van der Waals surface area contributed by atoms with Gasteiger partial charge in [-0.05, 0) is 46.0 Å². The average molecular weight is 337 g/mol. The molecule has 0 aliphatic rings. The Hall–Kier alpha value is -1.50. The maximum absolute atomic E-state index is 5.64. The van der Waals surface area contributed by atoms with Gasteiger partial charge in [-0.3, -0.25) is 16.3 Å². The Bertz CT molecular complexity index is 547. The standard InChI is InChI=1S/C14H17BrN4O/c1-20-14-3-2-10(8-18-14)5-13(19-16)6-11-4-12(15)9-17-7-11/h2-4,7-9,13,19H,5-6,16H2,1H3. The number of methoxy groups -OCH3 is 1. The van der Waals surface area contributed by atoms with Crippen molar-refractivity contribution in [1.82, 2.24) is 15.4 Å². The van der Waals surface area contributed by atoms with Crippen LogP contribution in [0.25, 0.3) is 0 Å². The van der Waals surface area contributed by atoms with Gasteiger partial charge in [0.25, 0.3) is 0 Å². The predicted octanol–water partition coefficient (Wildman–Crippen LogP) is 1.86. The highest BCUT2D eigenvalue weighted by molar-refractivity contribution is 9.10. The molecule has 20 heavy (non-hydrogen) atoms. The monoisotopic (exact) mass is 336 g/mol. The molecule has 0 fully saturated rings. The quantitative estimate of drug-likeness (QED) is 0.622. The number of nitrogens with two attached hydrogens (primary N) is 1. The molecule has 0 bridgehead atoms. The van der Waals surface area contributed by atoms with Crippen LogP contribution in [0, 0.1) is 0 Å². The van der Waals surface area contributed by atoms with E-state index in [2.05, 4.69) is 31.3 Å². The van der Waals surface area contributed by atoms with E-state index >= 15 is 0 Å². The van der Waals surface area contributed by atoms with Crippen LogP contribution in [0.4, 0.5) is 0 Å². The Kier molecular flexibility index (Phi) is 5.46. The third-order valence-electron chi connectivity index (χ3n) is 2.97. The van der Waals surface area contributed by atoms with Gasteiger partial charge in [0.05, 0.1) is 7.11 Å². The van der Waals surface area contributed by atoms with E-state index in [0.29, 0.717) is 5.88 Å². The first-order valence-electron chi connectivity index (χ1n) is 6.25. The second-order valence-electron chi connectivity index (χ2n) is 4.49. The first-order valence-corrected chi connectivity index (χ1v) is 7.05. The van der Waals surface area contributed by atoms with Gasteiger partial charge >= 0.3 is 0 Å². The maximum atomic E-state index is 5.64. The summed E-state index contributed by atoms with van der Waals surface area (Å²) in [6.07, 6.45) is 7.01. The molecule has 0 amide bonds. The molecule has 0 aliphatic heterocycles. The molecule has 106 valence electrons. The first kappa shape index (κ1) is 14.9. The molecule has 0 radical (unpaired) electrons. The second kappa shape index (κ2) is 7.33. The number of hydrazine groups is 1. The molecule has 0 saturated carbocycles. The van der Waals surface area contributed by atoms with Gasteiger partial charge in [-0.1, -0.05) is 6.07 Å². The highest BCUT2D eigenvalue weighted by Crippen LogP contribution is 2.14. The number of halogens is 1. The van der Waals surface area contributed by atoms with Gasteiger partial charge in [-0.2, -0.15) is 0 Å². The Morgan fingerprint density at radius 2 is 2.05 bits per heavy atom. The van der Waals surface area contributed by atoms with E-state index in [9.17, 15) is 0 Å². The zero-order valence-electron chi connectivity index (χ0n) is 11.2. The van der Waals surface area contributed by atoms with Crippen LogP contribution in [0.2, 0.25) is 0 Å². The van der Waals surface area contributed by atoms with Gasteiger partial charge in [-0.25, -0.2) is 4.98 Å². The normalized spacial score (nSPS) is 12.2. The van der Waals surface area contributed by atoms with E-state index in [0.717, 1.165) is 28.4 Å². The van der Waals surface area contributed by atoms with E-state index in [4.69, 9.17) is 10.6 Å². The van der Waals surface area contributed by atoms with Crippen LogP contribution in [0.1, 0.15) is 11.1 Å². The number of nitrogens with one attached hydrogen (secondary N) is 1. The predicted molar refractivity (Wildman–Crippen MR) is 81.2 cm³/mol. The molecule has 2 aromatic rings. The molecule has 6 heteroatoms. The Morgan fingerprint density at radius 3 is 2.65 bits per heavy atom. The summed E-state index contributed by atoms with van der Waals surface area (Å²) >= 11 is 3.42. The highest BCUT2D eigenvalue weighted by Gasteiger charge is 2.10. The van der Waals surface area contributed by atoms with Gasteiger partial charge < -0.3 is 4.74 Å². The minimum absolute atomic E-state index is 0.126. The smallest absolute Gasteiger partial charge is 0.212 e. The van der Waals surface area contributed by atoms with Crippen LogP contribution in [-0.4, -0.2) is 23.1 Å². The van der Waals surface area contributed by atoms with Crippen molar-refractivity contribution in [1.29, 1.82) is 0 Å². The first-order chi connectivity index (χ1) is 9.71. The number of hydrogen-bond donors (Lipinski definition) is 2. The van der Waals surface area contributed by atoms with Crippen LogP contribution < -0.4 is 16.0 Å². The summed E-state index contributed by atoms with van der Waals surface area (Å²) in [5.74, 6) is 6.25. The van der Waals surface area contributed by atoms with E-state index in [-0.39, 0.29) is 6.04 Å². The molecular formula is C14H17BrN4O. The molecule has 2 aromatic heterocycles. The van der Waals surface area contributed by atoms with Crippen LogP contribution in [0.3, 0.4) is 0 Å². The second-order valence-corrected chi connectivity index (χ2v) is 5.41. The summed E-state index contributed by atoms with van der Waals surface area (Å²) < 4.78 is 6.01. The van der Waals surface area contributed by atoms with Crippen molar-refractivity contribution in [3.8, 4) is 5.88 Å². The van der Waals surface area contributed by atoms with Crippen molar-refractivity contribution in [2.24, 2.45) is 5.84 Å². The van der Waals surface area contributed by atoms with Crippen molar-refractivity contribution >= 4 is 15.9 Å². The number of nitrogens with zero attached hydrogens (tertiary/aromatic N) is 2. The number of pyridine rings is 2. The summed E-state index contributed by atoms with van der Waals surface area (Å²) in [5.41, 5.74) is 5.08. The Morgan fingerprint density at radius 1 is 1.25 bits per heavy atom. The maximum Gasteiger partial charge on any atom is 0.212 e. The minimum atomic E-state index is 0.126. The van der Waals surface area contributed by atoms with Gasteiger partial charge in [0, 0.05) is 35.2 Å². The fourth-order valence-electron chi connectivity index (χ4n) is 1.98. The molecule has 3 N–H and O–H groups in total. The third kappa shape index (κ3) is 4.26. The Balaban J connectivity index is 2.01. The molecule has 0 saturated heterocycles. The molecular weight excluding hydrogens is 320 g/mol. The molecule has 2 rings (SSSR count). The number of ether oxygens (including phenoxy) is 1. The van der Waals surface area contributed by atoms with E-state index in [1.165, 1.54) is 0 Å². The average Bonchev–Trinajstić information content (AvgIpc) is 2.47. The number of aromatic nitrogens is 2. The lowest BCUT2D eigenvalue weighted by Crippen LogP contribution is -2.38.